The Kier molecular flexibility index (Phi) is 6.19. The van der Waals surface area contributed by atoms with Crippen molar-refractivity contribution in [1.82, 2.24) is 9.80 Å². The van der Waals surface area contributed by atoms with E-state index in [0.717, 1.165) is 38.3 Å². The van der Waals surface area contributed by atoms with Crippen LogP contribution in [0, 0.1) is 11.6 Å². The van der Waals surface area contributed by atoms with Crippen LogP contribution in [0.2, 0.25) is 5.02 Å². The third-order valence-electron chi connectivity index (χ3n) is 4.35. The average molecular weight is 380 g/mol. The Labute approximate surface area is 156 Å². The summed E-state index contributed by atoms with van der Waals surface area (Å²) in [6.45, 7) is 4.28. The Balaban J connectivity index is 1.43. The molecule has 1 heterocycles. The van der Waals surface area contributed by atoms with E-state index in [2.05, 4.69) is 15.1 Å². The van der Waals surface area contributed by atoms with Gasteiger partial charge in [-0.05, 0) is 35.9 Å². The van der Waals surface area contributed by atoms with Crippen molar-refractivity contribution >= 4 is 23.2 Å². The summed E-state index contributed by atoms with van der Waals surface area (Å²) in [7, 11) is 0. The molecule has 0 atom stereocenters. The average Bonchev–Trinajstić information content (AvgIpc) is 2.62. The first-order valence-electron chi connectivity index (χ1n) is 8.43. The first-order valence-corrected chi connectivity index (χ1v) is 8.81. The fourth-order valence-corrected chi connectivity index (χ4v) is 3.11. The summed E-state index contributed by atoms with van der Waals surface area (Å²) in [5.41, 5.74) is 1.56. The minimum atomic E-state index is -0.512. The molecule has 1 saturated heterocycles. The van der Waals surface area contributed by atoms with Crippen LogP contribution in [0.1, 0.15) is 5.56 Å². The molecule has 3 rings (SSSR count). The fraction of sp³-hybridized carbons (Fsp3) is 0.316. The summed E-state index contributed by atoms with van der Waals surface area (Å²) in [5.74, 6) is -0.895. The molecule has 0 radical (unpaired) electrons. The summed E-state index contributed by atoms with van der Waals surface area (Å²) in [4.78, 5) is 16.5. The first-order chi connectivity index (χ1) is 12.5. The van der Waals surface area contributed by atoms with E-state index < -0.39 is 5.82 Å². The lowest BCUT2D eigenvalue weighted by molar-refractivity contribution is -0.117. The highest BCUT2D eigenvalue weighted by atomic mass is 35.5. The Morgan fingerprint density at radius 2 is 1.65 bits per heavy atom. The van der Waals surface area contributed by atoms with Crippen molar-refractivity contribution in [3.63, 3.8) is 0 Å². The van der Waals surface area contributed by atoms with Crippen molar-refractivity contribution in [2.75, 3.05) is 38.0 Å². The maximum Gasteiger partial charge on any atom is 0.238 e. The van der Waals surface area contributed by atoms with Gasteiger partial charge in [-0.25, -0.2) is 8.78 Å². The van der Waals surface area contributed by atoms with E-state index in [-0.39, 0.29) is 23.3 Å². The zero-order chi connectivity index (χ0) is 18.5. The molecule has 1 N–H and O–H groups in total. The molecule has 0 saturated carbocycles. The van der Waals surface area contributed by atoms with Crippen molar-refractivity contribution in [3.8, 4) is 0 Å². The van der Waals surface area contributed by atoms with Crippen LogP contribution in [-0.4, -0.2) is 48.4 Å². The number of benzene rings is 2. The SMILES string of the molecule is O=C(CN1CCN(Cc2ccc(F)cc2)CC1)Nc1ccc(F)c(Cl)c1. The molecule has 138 valence electrons. The number of halogens is 3. The lowest BCUT2D eigenvalue weighted by Crippen LogP contribution is -2.48. The van der Waals surface area contributed by atoms with E-state index in [1.165, 1.54) is 30.3 Å². The molecule has 7 heteroatoms. The molecule has 4 nitrogen and oxygen atoms in total. The largest absolute Gasteiger partial charge is 0.325 e. The molecule has 0 aromatic heterocycles. The number of anilines is 1. The molecule has 2 aromatic rings. The molecule has 2 aromatic carbocycles. The van der Waals surface area contributed by atoms with Crippen molar-refractivity contribution in [3.05, 3.63) is 64.7 Å². The minimum absolute atomic E-state index is 0.0165. The van der Waals surface area contributed by atoms with E-state index in [9.17, 15) is 13.6 Å². The summed E-state index contributed by atoms with van der Waals surface area (Å²) in [5, 5.41) is 2.72. The Morgan fingerprint density at radius 3 is 2.31 bits per heavy atom. The number of carbonyl (C=O) groups is 1. The van der Waals surface area contributed by atoms with Gasteiger partial charge < -0.3 is 5.32 Å². The van der Waals surface area contributed by atoms with Crippen LogP contribution in [0.25, 0.3) is 0 Å². The lowest BCUT2D eigenvalue weighted by atomic mass is 10.2. The number of hydrogen-bond acceptors (Lipinski definition) is 3. The zero-order valence-corrected chi connectivity index (χ0v) is 15.0. The van der Waals surface area contributed by atoms with E-state index in [4.69, 9.17) is 11.6 Å². The Bertz CT molecular complexity index is 762. The number of rotatable bonds is 5. The highest BCUT2D eigenvalue weighted by Gasteiger charge is 2.19. The van der Waals surface area contributed by atoms with Crippen LogP contribution >= 0.6 is 11.6 Å². The molecule has 0 bridgehead atoms. The van der Waals surface area contributed by atoms with Crippen molar-refractivity contribution in [1.29, 1.82) is 0 Å². The van der Waals surface area contributed by atoms with Crippen LogP contribution in [0.3, 0.4) is 0 Å². The van der Waals surface area contributed by atoms with Gasteiger partial charge in [0.05, 0.1) is 11.6 Å². The molecule has 1 amide bonds. The predicted octanol–water partition coefficient (Wildman–Crippen LogP) is 3.37. The first kappa shape index (κ1) is 18.8. The molecular formula is C19H20ClF2N3O. The van der Waals surface area contributed by atoms with Crippen molar-refractivity contribution in [2.45, 2.75) is 6.54 Å². The van der Waals surface area contributed by atoms with Gasteiger partial charge in [-0.1, -0.05) is 23.7 Å². The van der Waals surface area contributed by atoms with Gasteiger partial charge in [0.25, 0.3) is 0 Å². The molecule has 1 aliphatic heterocycles. The third-order valence-corrected chi connectivity index (χ3v) is 4.64. The standard InChI is InChI=1S/C19H20ClF2N3O/c20-17-11-16(5-6-18(17)22)23-19(26)13-25-9-7-24(8-10-25)12-14-1-3-15(21)4-2-14/h1-6,11H,7-10,12-13H2,(H,23,26). The lowest BCUT2D eigenvalue weighted by Gasteiger charge is -2.34. The second kappa shape index (κ2) is 8.58. The summed E-state index contributed by atoms with van der Waals surface area (Å²) < 4.78 is 26.1. The monoisotopic (exact) mass is 379 g/mol. The quantitative estimate of drug-likeness (QED) is 0.865. The maximum atomic E-state index is 13.1. The van der Waals surface area contributed by atoms with Crippen LogP contribution in [0.4, 0.5) is 14.5 Å². The number of amides is 1. The van der Waals surface area contributed by atoms with Gasteiger partial charge in [0.2, 0.25) is 5.91 Å². The van der Waals surface area contributed by atoms with E-state index in [1.54, 1.807) is 12.1 Å². The highest BCUT2D eigenvalue weighted by Crippen LogP contribution is 2.19. The van der Waals surface area contributed by atoms with E-state index in [1.807, 2.05) is 0 Å². The second-order valence-corrected chi connectivity index (χ2v) is 6.76. The fourth-order valence-electron chi connectivity index (χ4n) is 2.93. The van der Waals surface area contributed by atoms with E-state index >= 15 is 0 Å². The van der Waals surface area contributed by atoms with Crippen LogP contribution in [-0.2, 0) is 11.3 Å². The van der Waals surface area contributed by atoms with E-state index in [0.29, 0.717) is 5.69 Å². The van der Waals surface area contributed by atoms with Gasteiger partial charge in [0.1, 0.15) is 11.6 Å². The Morgan fingerprint density at radius 1 is 1.00 bits per heavy atom. The van der Waals surface area contributed by atoms with Crippen LogP contribution in [0.5, 0.6) is 0 Å². The number of nitrogens with zero attached hydrogens (tertiary/aromatic N) is 2. The van der Waals surface area contributed by atoms with Gasteiger partial charge in [-0.2, -0.15) is 0 Å². The molecular weight excluding hydrogens is 360 g/mol. The van der Waals surface area contributed by atoms with Crippen LogP contribution < -0.4 is 5.32 Å². The minimum Gasteiger partial charge on any atom is -0.325 e. The normalized spacial score (nSPS) is 15.8. The number of carbonyl (C=O) groups excluding carboxylic acids is 1. The summed E-state index contributed by atoms with van der Waals surface area (Å²) >= 11 is 5.72. The van der Waals surface area contributed by atoms with Crippen LogP contribution in [0.15, 0.2) is 42.5 Å². The molecule has 26 heavy (non-hydrogen) atoms. The second-order valence-electron chi connectivity index (χ2n) is 6.36. The molecule has 1 aliphatic rings. The van der Waals surface area contributed by atoms with Gasteiger partial charge >= 0.3 is 0 Å². The predicted molar refractivity (Wildman–Crippen MR) is 98.2 cm³/mol. The molecule has 1 fully saturated rings. The zero-order valence-electron chi connectivity index (χ0n) is 14.2. The Hall–Kier alpha value is -2.02. The van der Waals surface area contributed by atoms with Gasteiger partial charge in [-0.15, -0.1) is 0 Å². The number of hydrogen-bond donors (Lipinski definition) is 1. The summed E-state index contributed by atoms with van der Waals surface area (Å²) in [6, 6.07) is 10.6. The van der Waals surface area contributed by atoms with Crippen molar-refractivity contribution < 1.29 is 13.6 Å². The van der Waals surface area contributed by atoms with Gasteiger partial charge in [-0.3, -0.25) is 14.6 Å². The number of piperazine rings is 1. The summed E-state index contributed by atoms with van der Waals surface area (Å²) in [6.07, 6.45) is 0. The maximum absolute atomic E-state index is 13.1. The van der Waals surface area contributed by atoms with Crippen molar-refractivity contribution in [2.24, 2.45) is 0 Å². The molecule has 0 unspecified atom stereocenters. The van der Waals surface area contributed by atoms with Gasteiger partial charge in [0, 0.05) is 38.4 Å². The number of nitrogens with one attached hydrogen (secondary N) is 1. The smallest absolute Gasteiger partial charge is 0.238 e. The highest BCUT2D eigenvalue weighted by molar-refractivity contribution is 6.31. The molecule has 0 spiro atoms. The molecule has 0 aliphatic carbocycles. The third kappa shape index (κ3) is 5.24. The van der Waals surface area contributed by atoms with Gasteiger partial charge in [0.15, 0.2) is 0 Å². The topological polar surface area (TPSA) is 35.6 Å².